The minimum Gasteiger partial charge on any atom is -0.351 e. The predicted octanol–water partition coefficient (Wildman–Crippen LogP) is 3.68. The average molecular weight is 356 g/mol. The summed E-state index contributed by atoms with van der Waals surface area (Å²) in [7, 11) is 0. The van der Waals surface area contributed by atoms with E-state index in [0.29, 0.717) is 6.54 Å². The first-order valence-electron chi connectivity index (χ1n) is 8.25. The number of nitrogens with one attached hydrogen (secondary N) is 2. The molecule has 0 aromatic heterocycles. The summed E-state index contributed by atoms with van der Waals surface area (Å²) in [5.74, 6) is 0.0771. The molecule has 0 aliphatic heterocycles. The van der Waals surface area contributed by atoms with E-state index in [4.69, 9.17) is 0 Å². The zero-order valence-electron chi connectivity index (χ0n) is 14.8. The Bertz CT molecular complexity index is 711. The summed E-state index contributed by atoms with van der Waals surface area (Å²) in [6.07, 6.45) is 0. The molecule has 0 spiro atoms. The second-order valence-corrected chi connectivity index (χ2v) is 7.40. The van der Waals surface area contributed by atoms with Gasteiger partial charge in [-0.3, -0.25) is 9.59 Å². The molecule has 0 aliphatic carbocycles. The van der Waals surface area contributed by atoms with E-state index in [1.54, 1.807) is 0 Å². The average Bonchev–Trinajstić information content (AvgIpc) is 2.61. The number of hydrogen-bond donors (Lipinski definition) is 2. The van der Waals surface area contributed by atoms with Gasteiger partial charge in [0, 0.05) is 12.2 Å². The van der Waals surface area contributed by atoms with E-state index in [1.165, 1.54) is 17.3 Å². The van der Waals surface area contributed by atoms with Crippen LogP contribution in [0.2, 0.25) is 0 Å². The molecule has 4 nitrogen and oxygen atoms in total. The Balaban J connectivity index is 1.72. The summed E-state index contributed by atoms with van der Waals surface area (Å²) in [5.41, 5.74) is 4.17. The lowest BCUT2D eigenvalue weighted by atomic mass is 10.1. The second-order valence-electron chi connectivity index (χ2n) is 6.07. The molecule has 0 saturated carbocycles. The second kappa shape index (κ2) is 9.28. The molecular weight excluding hydrogens is 332 g/mol. The topological polar surface area (TPSA) is 58.2 Å². The van der Waals surface area contributed by atoms with Crippen molar-refractivity contribution in [2.75, 3.05) is 11.1 Å². The van der Waals surface area contributed by atoms with Gasteiger partial charge in [-0.15, -0.1) is 11.8 Å². The van der Waals surface area contributed by atoms with Gasteiger partial charge in [0.1, 0.15) is 0 Å². The van der Waals surface area contributed by atoms with Crippen LogP contribution >= 0.6 is 11.8 Å². The van der Waals surface area contributed by atoms with E-state index < -0.39 is 0 Å². The Morgan fingerprint density at radius 2 is 1.52 bits per heavy atom. The Labute approximate surface area is 153 Å². The van der Waals surface area contributed by atoms with Gasteiger partial charge in [0.05, 0.1) is 11.0 Å². The summed E-state index contributed by atoms with van der Waals surface area (Å²) in [5, 5.41) is 5.46. The van der Waals surface area contributed by atoms with Gasteiger partial charge in [-0.2, -0.15) is 0 Å². The number of aryl methyl sites for hydroxylation is 2. The van der Waals surface area contributed by atoms with Crippen molar-refractivity contribution < 1.29 is 9.59 Å². The first kappa shape index (κ1) is 19.1. The van der Waals surface area contributed by atoms with Crippen LogP contribution in [0.5, 0.6) is 0 Å². The Hall–Kier alpha value is -2.27. The van der Waals surface area contributed by atoms with Gasteiger partial charge in [-0.1, -0.05) is 47.5 Å². The molecule has 0 bridgehead atoms. The third-order valence-electron chi connectivity index (χ3n) is 3.76. The first-order chi connectivity index (χ1) is 11.9. The van der Waals surface area contributed by atoms with Crippen molar-refractivity contribution in [2.45, 2.75) is 32.6 Å². The zero-order valence-corrected chi connectivity index (χ0v) is 15.7. The van der Waals surface area contributed by atoms with Crippen molar-refractivity contribution in [1.29, 1.82) is 0 Å². The fraction of sp³-hybridized carbons (Fsp3) is 0.300. The molecule has 0 aliphatic rings. The van der Waals surface area contributed by atoms with E-state index in [-0.39, 0.29) is 22.8 Å². The normalized spacial score (nSPS) is 11.6. The molecule has 0 fully saturated rings. The number of rotatable bonds is 7. The number of carbonyl (C=O) groups excluding carboxylic acids is 2. The number of anilines is 1. The third-order valence-corrected chi connectivity index (χ3v) is 4.90. The summed E-state index contributed by atoms with van der Waals surface area (Å²) in [6.45, 7) is 6.34. The third kappa shape index (κ3) is 6.63. The van der Waals surface area contributed by atoms with Gasteiger partial charge in [-0.05, 0) is 38.5 Å². The molecule has 25 heavy (non-hydrogen) atoms. The highest BCUT2D eigenvalue weighted by molar-refractivity contribution is 8.01. The Morgan fingerprint density at radius 3 is 2.12 bits per heavy atom. The maximum atomic E-state index is 12.1. The van der Waals surface area contributed by atoms with E-state index in [1.807, 2.05) is 69.3 Å². The van der Waals surface area contributed by atoms with Crippen LogP contribution in [0.15, 0.2) is 48.5 Å². The van der Waals surface area contributed by atoms with E-state index >= 15 is 0 Å². The molecule has 0 heterocycles. The summed E-state index contributed by atoms with van der Waals surface area (Å²) < 4.78 is 0. The summed E-state index contributed by atoms with van der Waals surface area (Å²) in [4.78, 5) is 24.1. The maximum Gasteiger partial charge on any atom is 0.234 e. The Kier molecular flexibility index (Phi) is 7.07. The van der Waals surface area contributed by atoms with E-state index in [2.05, 4.69) is 10.6 Å². The van der Waals surface area contributed by atoms with Crippen LogP contribution in [0, 0.1) is 13.8 Å². The molecule has 1 atom stereocenters. The van der Waals surface area contributed by atoms with Crippen LogP contribution < -0.4 is 10.6 Å². The molecule has 0 saturated heterocycles. The maximum absolute atomic E-state index is 12.1. The molecule has 5 heteroatoms. The van der Waals surface area contributed by atoms with Gasteiger partial charge >= 0.3 is 0 Å². The fourth-order valence-electron chi connectivity index (χ4n) is 2.15. The van der Waals surface area contributed by atoms with Crippen molar-refractivity contribution in [3.63, 3.8) is 0 Å². The van der Waals surface area contributed by atoms with Crippen LogP contribution in [0.1, 0.15) is 23.6 Å². The number of benzene rings is 2. The molecule has 2 amide bonds. The number of hydrogen-bond acceptors (Lipinski definition) is 3. The molecule has 0 radical (unpaired) electrons. The predicted molar refractivity (Wildman–Crippen MR) is 105 cm³/mol. The number of amides is 2. The van der Waals surface area contributed by atoms with E-state index in [9.17, 15) is 9.59 Å². The highest BCUT2D eigenvalue weighted by Crippen LogP contribution is 2.13. The summed E-state index contributed by atoms with van der Waals surface area (Å²) >= 11 is 1.33. The van der Waals surface area contributed by atoms with E-state index in [0.717, 1.165) is 16.8 Å². The van der Waals surface area contributed by atoms with Crippen LogP contribution in [-0.4, -0.2) is 22.8 Å². The van der Waals surface area contributed by atoms with Crippen LogP contribution in [-0.2, 0) is 16.1 Å². The lowest BCUT2D eigenvalue weighted by Gasteiger charge is -2.12. The van der Waals surface area contributed by atoms with Crippen molar-refractivity contribution in [2.24, 2.45) is 0 Å². The highest BCUT2D eigenvalue weighted by Gasteiger charge is 2.15. The molecule has 2 rings (SSSR count). The smallest absolute Gasteiger partial charge is 0.234 e. The largest absolute Gasteiger partial charge is 0.351 e. The van der Waals surface area contributed by atoms with Crippen LogP contribution in [0.25, 0.3) is 0 Å². The fourth-order valence-corrected chi connectivity index (χ4v) is 2.86. The number of thioether (sulfide) groups is 1. The van der Waals surface area contributed by atoms with Crippen molar-refractivity contribution >= 4 is 29.3 Å². The number of carbonyl (C=O) groups is 2. The van der Waals surface area contributed by atoms with Crippen molar-refractivity contribution in [3.05, 3.63) is 65.2 Å². The standard InChI is InChI=1S/C20H24N2O2S/c1-14-4-8-17(9-5-14)12-21-20(24)16(3)25-13-19(23)22-18-10-6-15(2)7-11-18/h4-11,16H,12-13H2,1-3H3,(H,21,24)(H,22,23)/t16-/m1/s1. The lowest BCUT2D eigenvalue weighted by Crippen LogP contribution is -2.31. The molecule has 2 N–H and O–H groups in total. The van der Waals surface area contributed by atoms with Gasteiger partial charge in [0.15, 0.2) is 0 Å². The minimum absolute atomic E-state index is 0.0614. The lowest BCUT2D eigenvalue weighted by molar-refractivity contribution is -0.120. The zero-order chi connectivity index (χ0) is 18.2. The molecule has 2 aromatic rings. The van der Waals surface area contributed by atoms with Crippen molar-refractivity contribution in [1.82, 2.24) is 5.32 Å². The highest BCUT2D eigenvalue weighted by atomic mass is 32.2. The Morgan fingerprint density at radius 1 is 0.960 bits per heavy atom. The van der Waals surface area contributed by atoms with Gasteiger partial charge < -0.3 is 10.6 Å². The van der Waals surface area contributed by atoms with Gasteiger partial charge in [0.25, 0.3) is 0 Å². The SMILES string of the molecule is Cc1ccc(CNC(=O)[C@@H](C)SCC(=O)Nc2ccc(C)cc2)cc1. The summed E-state index contributed by atoms with van der Waals surface area (Å²) in [6, 6.07) is 15.7. The van der Waals surface area contributed by atoms with Crippen LogP contribution in [0.4, 0.5) is 5.69 Å². The van der Waals surface area contributed by atoms with Gasteiger partial charge in [-0.25, -0.2) is 0 Å². The first-order valence-corrected chi connectivity index (χ1v) is 9.30. The van der Waals surface area contributed by atoms with Gasteiger partial charge in [0.2, 0.25) is 11.8 Å². The van der Waals surface area contributed by atoms with Crippen LogP contribution in [0.3, 0.4) is 0 Å². The molecular formula is C20H24N2O2S. The molecule has 132 valence electrons. The molecule has 0 unspecified atom stereocenters. The van der Waals surface area contributed by atoms with Crippen molar-refractivity contribution in [3.8, 4) is 0 Å². The quantitative estimate of drug-likeness (QED) is 0.796. The monoisotopic (exact) mass is 356 g/mol. The molecule has 2 aromatic carbocycles. The minimum atomic E-state index is -0.283.